The second kappa shape index (κ2) is 10.7. The first-order chi connectivity index (χ1) is 12.6. The first-order valence-electron chi connectivity index (χ1n) is 8.79. The molecule has 0 fully saturated rings. The molecular formula is C21H25NO3S. The lowest BCUT2D eigenvalue weighted by atomic mass is 10.2. The highest BCUT2D eigenvalue weighted by Gasteiger charge is 2.08. The minimum Gasteiger partial charge on any atom is -0.462 e. The summed E-state index contributed by atoms with van der Waals surface area (Å²) in [6.07, 6.45) is 1.85. The van der Waals surface area contributed by atoms with Gasteiger partial charge in [0.05, 0.1) is 17.9 Å². The standard InChI is InChI=1S/C21H25NO3S/c1-3-4-12-25-21(24)18-8-10-19(11-9-18)22-20(23)15-26-14-17-7-5-6-16(2)13-17/h5-11,13H,3-4,12,14-15H2,1-2H3,(H,22,23). The monoisotopic (exact) mass is 371 g/mol. The zero-order valence-electron chi connectivity index (χ0n) is 15.3. The fourth-order valence-electron chi connectivity index (χ4n) is 2.34. The van der Waals surface area contributed by atoms with E-state index >= 15 is 0 Å². The van der Waals surface area contributed by atoms with Gasteiger partial charge in [-0.25, -0.2) is 4.79 Å². The molecule has 1 N–H and O–H groups in total. The van der Waals surface area contributed by atoms with E-state index in [0.29, 0.717) is 23.6 Å². The molecule has 0 aliphatic heterocycles. The Balaban J connectivity index is 1.75. The first-order valence-corrected chi connectivity index (χ1v) is 9.94. The molecule has 0 spiro atoms. The zero-order chi connectivity index (χ0) is 18.8. The molecule has 26 heavy (non-hydrogen) atoms. The molecule has 2 rings (SSSR count). The second-order valence-electron chi connectivity index (χ2n) is 6.10. The van der Waals surface area contributed by atoms with Crippen LogP contribution in [0, 0.1) is 6.92 Å². The van der Waals surface area contributed by atoms with Crippen molar-refractivity contribution >= 4 is 29.3 Å². The fourth-order valence-corrected chi connectivity index (χ4v) is 3.12. The average Bonchev–Trinajstić information content (AvgIpc) is 2.62. The summed E-state index contributed by atoms with van der Waals surface area (Å²) in [6.45, 7) is 4.54. The van der Waals surface area contributed by atoms with Gasteiger partial charge in [-0.1, -0.05) is 43.2 Å². The van der Waals surface area contributed by atoms with Crippen LogP contribution in [0.3, 0.4) is 0 Å². The molecule has 0 saturated carbocycles. The van der Waals surface area contributed by atoms with Crippen LogP contribution >= 0.6 is 11.8 Å². The number of aryl methyl sites for hydroxylation is 1. The van der Waals surface area contributed by atoms with Crippen molar-refractivity contribution in [3.05, 3.63) is 65.2 Å². The summed E-state index contributed by atoms with van der Waals surface area (Å²) in [7, 11) is 0. The largest absolute Gasteiger partial charge is 0.462 e. The van der Waals surface area contributed by atoms with Crippen molar-refractivity contribution in [3.8, 4) is 0 Å². The van der Waals surface area contributed by atoms with Crippen molar-refractivity contribution in [1.82, 2.24) is 0 Å². The van der Waals surface area contributed by atoms with Gasteiger partial charge in [-0.15, -0.1) is 11.8 Å². The van der Waals surface area contributed by atoms with Gasteiger partial charge in [0.1, 0.15) is 0 Å². The Labute approximate surface area is 159 Å². The van der Waals surface area contributed by atoms with E-state index in [-0.39, 0.29) is 11.9 Å². The molecule has 0 unspecified atom stereocenters. The zero-order valence-corrected chi connectivity index (χ0v) is 16.1. The van der Waals surface area contributed by atoms with Gasteiger partial charge in [0.15, 0.2) is 0 Å². The van der Waals surface area contributed by atoms with Crippen LogP contribution in [0.5, 0.6) is 0 Å². The van der Waals surface area contributed by atoms with Crippen molar-refractivity contribution in [2.75, 3.05) is 17.7 Å². The Bertz CT molecular complexity index is 728. The Morgan fingerprint density at radius 3 is 2.58 bits per heavy atom. The number of esters is 1. The van der Waals surface area contributed by atoms with Gasteiger partial charge in [0.2, 0.25) is 5.91 Å². The van der Waals surface area contributed by atoms with Crippen LogP contribution in [0.15, 0.2) is 48.5 Å². The van der Waals surface area contributed by atoms with Gasteiger partial charge in [-0.05, 0) is 43.2 Å². The summed E-state index contributed by atoms with van der Waals surface area (Å²) >= 11 is 1.58. The van der Waals surface area contributed by atoms with E-state index in [1.54, 1.807) is 36.0 Å². The SMILES string of the molecule is CCCCOC(=O)c1ccc(NC(=O)CSCc2cccc(C)c2)cc1. The fraction of sp³-hybridized carbons (Fsp3) is 0.333. The van der Waals surface area contributed by atoms with E-state index in [0.717, 1.165) is 18.6 Å². The van der Waals surface area contributed by atoms with Gasteiger partial charge in [-0.2, -0.15) is 0 Å². The highest BCUT2D eigenvalue weighted by atomic mass is 32.2. The Hall–Kier alpha value is -2.27. The van der Waals surface area contributed by atoms with Crippen molar-refractivity contribution in [2.24, 2.45) is 0 Å². The maximum atomic E-state index is 12.0. The first kappa shape index (κ1) is 20.0. The Morgan fingerprint density at radius 2 is 1.88 bits per heavy atom. The molecule has 0 bridgehead atoms. The number of benzene rings is 2. The number of rotatable bonds is 9. The van der Waals surface area contributed by atoms with E-state index in [2.05, 4.69) is 30.4 Å². The predicted octanol–water partition coefficient (Wildman–Crippen LogP) is 4.82. The number of hydrogen-bond acceptors (Lipinski definition) is 4. The molecule has 4 nitrogen and oxygen atoms in total. The summed E-state index contributed by atoms with van der Waals surface area (Å²) in [6, 6.07) is 15.1. The smallest absolute Gasteiger partial charge is 0.338 e. The molecule has 0 aliphatic carbocycles. The van der Waals surface area contributed by atoms with Crippen LogP contribution in [-0.4, -0.2) is 24.2 Å². The summed E-state index contributed by atoms with van der Waals surface area (Å²) in [4.78, 5) is 23.9. The van der Waals surface area contributed by atoms with Crippen LogP contribution in [0.4, 0.5) is 5.69 Å². The number of unbranched alkanes of at least 4 members (excludes halogenated alkanes) is 1. The third-order valence-corrected chi connectivity index (χ3v) is 4.72. The van der Waals surface area contributed by atoms with Crippen LogP contribution in [-0.2, 0) is 15.3 Å². The van der Waals surface area contributed by atoms with Gasteiger partial charge < -0.3 is 10.1 Å². The van der Waals surface area contributed by atoms with E-state index < -0.39 is 0 Å². The van der Waals surface area contributed by atoms with E-state index in [9.17, 15) is 9.59 Å². The molecular weight excluding hydrogens is 346 g/mol. The Morgan fingerprint density at radius 1 is 1.12 bits per heavy atom. The maximum Gasteiger partial charge on any atom is 0.338 e. The quantitative estimate of drug-likeness (QED) is 0.507. The normalized spacial score (nSPS) is 10.4. The summed E-state index contributed by atoms with van der Waals surface area (Å²) in [5.41, 5.74) is 3.61. The minimum atomic E-state index is -0.329. The maximum absolute atomic E-state index is 12.0. The lowest BCUT2D eigenvalue weighted by Gasteiger charge is -2.07. The number of hydrogen-bond donors (Lipinski definition) is 1. The third-order valence-electron chi connectivity index (χ3n) is 3.72. The third kappa shape index (κ3) is 6.92. The van der Waals surface area contributed by atoms with Gasteiger partial charge >= 0.3 is 5.97 Å². The molecule has 0 aromatic heterocycles. The number of thioether (sulfide) groups is 1. The molecule has 0 radical (unpaired) electrons. The summed E-state index contributed by atoms with van der Waals surface area (Å²) < 4.78 is 5.16. The lowest BCUT2D eigenvalue weighted by molar-refractivity contribution is -0.113. The highest BCUT2D eigenvalue weighted by molar-refractivity contribution is 7.99. The van der Waals surface area contributed by atoms with Crippen LogP contribution in [0.25, 0.3) is 0 Å². The molecule has 0 aliphatic rings. The van der Waals surface area contributed by atoms with Gasteiger partial charge in [0.25, 0.3) is 0 Å². The number of carbonyl (C=O) groups excluding carboxylic acids is 2. The van der Waals surface area contributed by atoms with Crippen molar-refractivity contribution in [1.29, 1.82) is 0 Å². The average molecular weight is 372 g/mol. The number of nitrogens with one attached hydrogen (secondary N) is 1. The van der Waals surface area contributed by atoms with Crippen LogP contribution < -0.4 is 5.32 Å². The minimum absolute atomic E-state index is 0.0547. The van der Waals surface area contributed by atoms with Gasteiger partial charge in [0, 0.05) is 11.4 Å². The number of amides is 1. The number of anilines is 1. The predicted molar refractivity (Wildman–Crippen MR) is 108 cm³/mol. The molecule has 0 saturated heterocycles. The lowest BCUT2D eigenvalue weighted by Crippen LogP contribution is -2.14. The Kier molecular flexibility index (Phi) is 8.22. The van der Waals surface area contributed by atoms with Crippen molar-refractivity contribution in [3.63, 3.8) is 0 Å². The van der Waals surface area contributed by atoms with Crippen molar-refractivity contribution < 1.29 is 14.3 Å². The second-order valence-corrected chi connectivity index (χ2v) is 7.08. The van der Waals surface area contributed by atoms with E-state index in [1.165, 1.54) is 11.1 Å². The molecule has 1 amide bonds. The molecule has 0 heterocycles. The van der Waals surface area contributed by atoms with E-state index in [4.69, 9.17) is 4.74 Å². The number of carbonyl (C=O) groups is 2. The molecule has 2 aromatic carbocycles. The molecule has 5 heteroatoms. The molecule has 138 valence electrons. The molecule has 0 atom stereocenters. The van der Waals surface area contributed by atoms with Crippen molar-refractivity contribution in [2.45, 2.75) is 32.4 Å². The summed E-state index contributed by atoms with van der Waals surface area (Å²) in [5.74, 6) is 0.804. The summed E-state index contributed by atoms with van der Waals surface area (Å²) in [5, 5.41) is 2.85. The molecule has 2 aromatic rings. The topological polar surface area (TPSA) is 55.4 Å². The van der Waals surface area contributed by atoms with Crippen LogP contribution in [0.2, 0.25) is 0 Å². The van der Waals surface area contributed by atoms with E-state index in [1.807, 2.05) is 13.0 Å². The van der Waals surface area contributed by atoms with Gasteiger partial charge in [-0.3, -0.25) is 4.79 Å². The number of ether oxygens (including phenoxy) is 1. The van der Waals surface area contributed by atoms with Crippen LogP contribution in [0.1, 0.15) is 41.3 Å². The highest BCUT2D eigenvalue weighted by Crippen LogP contribution is 2.15.